The second kappa shape index (κ2) is 7.94. The number of fused-ring (bicyclic) bond motifs is 1. The summed E-state index contributed by atoms with van der Waals surface area (Å²) < 4.78 is 16.1. The topological polar surface area (TPSA) is 114 Å². The van der Waals surface area contributed by atoms with Gasteiger partial charge in [-0.2, -0.15) is 0 Å². The summed E-state index contributed by atoms with van der Waals surface area (Å²) in [6.45, 7) is 2.83. The molecule has 0 saturated heterocycles. The van der Waals surface area contributed by atoms with Gasteiger partial charge in [0.25, 0.3) is 5.91 Å². The molecule has 0 aliphatic carbocycles. The molecule has 1 aliphatic heterocycles. The van der Waals surface area contributed by atoms with Gasteiger partial charge in [0.2, 0.25) is 5.91 Å². The number of ether oxygens (including phenoxy) is 3. The van der Waals surface area contributed by atoms with Crippen LogP contribution < -0.4 is 24.4 Å². The van der Waals surface area contributed by atoms with Crippen LogP contribution in [0.2, 0.25) is 0 Å². The van der Waals surface area contributed by atoms with Crippen LogP contribution in [0.5, 0.6) is 17.2 Å². The molecule has 2 aromatic carbocycles. The molecule has 1 aliphatic rings. The number of carboxylic acids is 1. The predicted molar refractivity (Wildman–Crippen MR) is 109 cm³/mol. The number of nitrogens with one attached hydrogen (secondary N) is 1. The second-order valence-corrected chi connectivity index (χ2v) is 7.11. The van der Waals surface area contributed by atoms with Gasteiger partial charge < -0.3 is 24.6 Å². The van der Waals surface area contributed by atoms with Gasteiger partial charge in [-0.25, -0.2) is 4.79 Å². The van der Waals surface area contributed by atoms with E-state index in [-0.39, 0.29) is 17.8 Å². The quantitative estimate of drug-likeness (QED) is 0.746. The Morgan fingerprint density at radius 1 is 1.13 bits per heavy atom. The average Bonchev–Trinajstić information content (AvgIpc) is 2.71. The van der Waals surface area contributed by atoms with Crippen molar-refractivity contribution < 1.29 is 33.7 Å². The highest BCUT2D eigenvalue weighted by atomic mass is 16.5. The fourth-order valence-corrected chi connectivity index (χ4v) is 3.09. The van der Waals surface area contributed by atoms with Crippen molar-refractivity contribution in [1.29, 1.82) is 0 Å². The molecule has 0 aromatic heterocycles. The minimum atomic E-state index is -1.21. The Kier molecular flexibility index (Phi) is 5.55. The Morgan fingerprint density at radius 2 is 1.87 bits per heavy atom. The minimum Gasteiger partial charge on any atom is -0.497 e. The van der Waals surface area contributed by atoms with Crippen LogP contribution in [-0.4, -0.2) is 49.3 Å². The lowest BCUT2D eigenvalue weighted by molar-refractivity contribution is -0.133. The molecule has 158 valence electrons. The number of methoxy groups -OCH3 is 2. The van der Waals surface area contributed by atoms with E-state index in [2.05, 4.69) is 5.32 Å². The Bertz CT molecular complexity index is 1020. The molecule has 9 nitrogen and oxygen atoms in total. The van der Waals surface area contributed by atoms with E-state index in [1.54, 1.807) is 32.0 Å². The van der Waals surface area contributed by atoms with Crippen LogP contribution in [0.4, 0.5) is 11.4 Å². The maximum Gasteiger partial charge on any atom is 0.335 e. The number of carbonyl (C=O) groups excluding carboxylic acids is 2. The molecule has 0 spiro atoms. The molecule has 2 amide bonds. The number of nitrogens with zero attached hydrogens (tertiary/aromatic N) is 1. The molecule has 2 aromatic rings. The number of amides is 2. The first-order chi connectivity index (χ1) is 14.2. The minimum absolute atomic E-state index is 0.0212. The summed E-state index contributed by atoms with van der Waals surface area (Å²) >= 11 is 0. The van der Waals surface area contributed by atoms with Gasteiger partial charge in [0, 0.05) is 6.07 Å². The van der Waals surface area contributed by atoms with Crippen LogP contribution in [0.25, 0.3) is 0 Å². The van der Waals surface area contributed by atoms with E-state index in [1.165, 1.54) is 37.3 Å². The molecule has 0 fully saturated rings. The smallest absolute Gasteiger partial charge is 0.335 e. The van der Waals surface area contributed by atoms with Crippen LogP contribution >= 0.6 is 0 Å². The van der Waals surface area contributed by atoms with Gasteiger partial charge in [-0.15, -0.1) is 0 Å². The molecule has 9 heteroatoms. The molecule has 0 radical (unpaired) electrons. The summed E-state index contributed by atoms with van der Waals surface area (Å²) in [6, 6.07) is 9.07. The first-order valence-corrected chi connectivity index (χ1v) is 9.06. The number of carbonyl (C=O) groups is 3. The third kappa shape index (κ3) is 4.00. The average molecular weight is 414 g/mol. The molecule has 0 unspecified atom stereocenters. The van der Waals surface area contributed by atoms with Crippen molar-refractivity contribution in [3.63, 3.8) is 0 Å². The van der Waals surface area contributed by atoms with Crippen LogP contribution in [0, 0.1) is 0 Å². The molecular weight excluding hydrogens is 392 g/mol. The molecular formula is C21H22N2O7. The van der Waals surface area contributed by atoms with Gasteiger partial charge in [-0.3, -0.25) is 14.5 Å². The Balaban J connectivity index is 1.90. The van der Waals surface area contributed by atoms with E-state index in [9.17, 15) is 19.5 Å². The number of hydrogen-bond donors (Lipinski definition) is 2. The van der Waals surface area contributed by atoms with E-state index in [1.807, 2.05) is 0 Å². The second-order valence-electron chi connectivity index (χ2n) is 7.11. The van der Waals surface area contributed by atoms with Crippen LogP contribution in [-0.2, 0) is 9.59 Å². The maximum absolute atomic E-state index is 12.9. The van der Waals surface area contributed by atoms with E-state index in [4.69, 9.17) is 14.2 Å². The van der Waals surface area contributed by atoms with Gasteiger partial charge in [-0.05, 0) is 44.2 Å². The van der Waals surface area contributed by atoms with E-state index in [0.717, 1.165) is 0 Å². The van der Waals surface area contributed by atoms with Gasteiger partial charge in [0.05, 0.1) is 31.2 Å². The van der Waals surface area contributed by atoms with Crippen molar-refractivity contribution in [3.05, 3.63) is 42.0 Å². The standard InChI is InChI=1S/C21H22N2O7/c1-21(2)20(27)23(15-9-12(19(25)26)5-8-16(15)30-21)11-18(24)22-14-7-6-13(28-3)10-17(14)29-4/h5-10H,11H2,1-4H3,(H,22,24)(H,25,26). The summed E-state index contributed by atoms with van der Waals surface area (Å²) in [6.07, 6.45) is 0. The van der Waals surface area contributed by atoms with Crippen LogP contribution in [0.3, 0.4) is 0 Å². The normalized spacial score (nSPS) is 14.4. The number of aromatic carboxylic acids is 1. The summed E-state index contributed by atoms with van der Waals surface area (Å²) in [5, 5.41) is 12.0. The Morgan fingerprint density at radius 3 is 2.50 bits per heavy atom. The third-order valence-electron chi connectivity index (χ3n) is 4.61. The van der Waals surface area contributed by atoms with Crippen molar-refractivity contribution in [2.24, 2.45) is 0 Å². The number of carboxylic acid groups (broad SMARTS) is 1. The fourth-order valence-electron chi connectivity index (χ4n) is 3.09. The summed E-state index contributed by atoms with van der Waals surface area (Å²) in [5.74, 6) is -0.831. The molecule has 3 rings (SSSR count). The molecule has 2 N–H and O–H groups in total. The molecule has 0 atom stereocenters. The SMILES string of the molecule is COc1ccc(NC(=O)CN2C(=O)C(C)(C)Oc3ccc(C(=O)O)cc32)c(OC)c1. The molecule has 0 saturated carbocycles. The fraction of sp³-hybridized carbons (Fsp3) is 0.286. The highest BCUT2D eigenvalue weighted by Gasteiger charge is 2.42. The van der Waals surface area contributed by atoms with E-state index >= 15 is 0 Å². The zero-order valence-electron chi connectivity index (χ0n) is 17.0. The monoisotopic (exact) mass is 414 g/mol. The van der Waals surface area contributed by atoms with Gasteiger partial charge in [0.15, 0.2) is 5.60 Å². The summed E-state index contributed by atoms with van der Waals surface area (Å²) in [5.41, 5.74) is -0.610. The van der Waals surface area contributed by atoms with E-state index < -0.39 is 23.4 Å². The number of rotatable bonds is 6. The zero-order valence-corrected chi connectivity index (χ0v) is 17.0. The Labute approximate surface area is 173 Å². The lowest BCUT2D eigenvalue weighted by atomic mass is 10.0. The van der Waals surface area contributed by atoms with Crippen LogP contribution in [0.1, 0.15) is 24.2 Å². The number of benzene rings is 2. The highest BCUT2D eigenvalue weighted by molar-refractivity contribution is 6.08. The lowest BCUT2D eigenvalue weighted by Gasteiger charge is -2.38. The molecule has 1 heterocycles. The van der Waals surface area contributed by atoms with Gasteiger partial charge in [-0.1, -0.05) is 0 Å². The largest absolute Gasteiger partial charge is 0.497 e. The first-order valence-electron chi connectivity index (χ1n) is 9.06. The van der Waals surface area contributed by atoms with E-state index in [0.29, 0.717) is 22.9 Å². The van der Waals surface area contributed by atoms with Crippen molar-refractivity contribution in [1.82, 2.24) is 0 Å². The zero-order chi connectivity index (χ0) is 22.1. The number of anilines is 2. The summed E-state index contributed by atoms with van der Waals surface area (Å²) in [7, 11) is 2.98. The number of hydrogen-bond acceptors (Lipinski definition) is 6. The van der Waals surface area contributed by atoms with Gasteiger partial charge in [0.1, 0.15) is 23.8 Å². The Hall–Kier alpha value is -3.75. The summed E-state index contributed by atoms with van der Waals surface area (Å²) in [4.78, 5) is 38.2. The predicted octanol–water partition coefficient (Wildman–Crippen LogP) is 2.54. The van der Waals surface area contributed by atoms with Crippen LogP contribution in [0.15, 0.2) is 36.4 Å². The first kappa shape index (κ1) is 21.0. The highest BCUT2D eigenvalue weighted by Crippen LogP contribution is 2.38. The van der Waals surface area contributed by atoms with Crippen molar-refractivity contribution in [2.75, 3.05) is 31.0 Å². The molecule has 30 heavy (non-hydrogen) atoms. The maximum atomic E-state index is 12.9. The van der Waals surface area contributed by atoms with Crippen molar-refractivity contribution >= 4 is 29.2 Å². The van der Waals surface area contributed by atoms with Crippen molar-refractivity contribution in [2.45, 2.75) is 19.4 Å². The van der Waals surface area contributed by atoms with Gasteiger partial charge >= 0.3 is 5.97 Å². The van der Waals surface area contributed by atoms with Crippen molar-refractivity contribution in [3.8, 4) is 17.2 Å². The lowest BCUT2D eigenvalue weighted by Crippen LogP contribution is -2.54. The molecule has 0 bridgehead atoms. The third-order valence-corrected chi connectivity index (χ3v) is 4.61.